The van der Waals surface area contributed by atoms with Crippen molar-refractivity contribution in [1.82, 2.24) is 15.5 Å². The number of halogens is 1. The van der Waals surface area contributed by atoms with Crippen molar-refractivity contribution in [3.05, 3.63) is 70.9 Å². The van der Waals surface area contributed by atoms with E-state index in [0.717, 1.165) is 0 Å². The number of hydrogen-bond acceptors (Lipinski definition) is 5. The fourth-order valence-electron chi connectivity index (χ4n) is 3.35. The first kappa shape index (κ1) is 21.4. The molecule has 0 aliphatic carbocycles. The van der Waals surface area contributed by atoms with E-state index in [-0.39, 0.29) is 29.6 Å². The molecule has 2 heterocycles. The van der Waals surface area contributed by atoms with Crippen molar-refractivity contribution < 1.29 is 19.1 Å². The molecule has 0 saturated carbocycles. The van der Waals surface area contributed by atoms with E-state index in [1.54, 1.807) is 41.3 Å². The number of hydrogen-bond donors (Lipinski definition) is 3. The van der Waals surface area contributed by atoms with Crippen molar-refractivity contribution in [2.75, 3.05) is 23.4 Å². The number of para-hydroxylation sites is 2. The van der Waals surface area contributed by atoms with Gasteiger partial charge in [-0.1, -0.05) is 35.9 Å². The standard InChI is InChI=1S/C22H20ClN5O4/c1-2-28-17-9-5-6-10-18(17)32-12-16(22(28)31)24-21(30)15-11-19(27-26-15)25-20(29)13-7-3-4-8-14(13)23/h3-11,16H,2,12H2,1H3,(H,24,30)(H2,25,26,27,29)/t16-/m1/s1. The summed E-state index contributed by atoms with van der Waals surface area (Å²) in [5.41, 5.74) is 1.02. The topological polar surface area (TPSA) is 116 Å². The van der Waals surface area contributed by atoms with Crippen LogP contribution in [0.4, 0.5) is 11.5 Å². The molecule has 3 aromatic rings. The lowest BCUT2D eigenvalue weighted by atomic mass is 10.2. The number of amides is 3. The molecule has 0 unspecified atom stereocenters. The molecule has 164 valence electrons. The molecule has 0 fully saturated rings. The Hall–Kier alpha value is -3.85. The summed E-state index contributed by atoms with van der Waals surface area (Å²) >= 11 is 6.03. The zero-order valence-electron chi connectivity index (χ0n) is 17.1. The highest BCUT2D eigenvalue weighted by Crippen LogP contribution is 2.30. The number of anilines is 2. The molecule has 4 rings (SSSR count). The highest BCUT2D eigenvalue weighted by molar-refractivity contribution is 6.34. The second-order valence-corrected chi connectivity index (χ2v) is 7.40. The van der Waals surface area contributed by atoms with Crippen molar-refractivity contribution in [3.8, 4) is 5.75 Å². The number of aromatic nitrogens is 2. The maximum atomic E-state index is 13.0. The Morgan fingerprint density at radius 2 is 1.94 bits per heavy atom. The normalized spacial score (nSPS) is 15.4. The van der Waals surface area contributed by atoms with Gasteiger partial charge in [-0.25, -0.2) is 0 Å². The number of aromatic amines is 1. The predicted molar refractivity (Wildman–Crippen MR) is 119 cm³/mol. The lowest BCUT2D eigenvalue weighted by Crippen LogP contribution is -2.50. The van der Waals surface area contributed by atoms with Crippen LogP contribution < -0.4 is 20.3 Å². The first-order valence-corrected chi connectivity index (χ1v) is 10.3. The van der Waals surface area contributed by atoms with Gasteiger partial charge in [0.1, 0.15) is 24.1 Å². The van der Waals surface area contributed by atoms with E-state index < -0.39 is 17.9 Å². The molecule has 0 saturated heterocycles. The third kappa shape index (κ3) is 4.28. The number of benzene rings is 2. The van der Waals surface area contributed by atoms with Crippen LogP contribution in [0.3, 0.4) is 0 Å². The number of nitrogens with zero attached hydrogens (tertiary/aromatic N) is 2. The Labute approximate surface area is 188 Å². The van der Waals surface area contributed by atoms with Gasteiger partial charge in [0.2, 0.25) is 0 Å². The zero-order chi connectivity index (χ0) is 22.7. The quantitative estimate of drug-likeness (QED) is 0.549. The number of rotatable bonds is 5. The minimum atomic E-state index is -0.890. The van der Waals surface area contributed by atoms with E-state index in [0.29, 0.717) is 23.0 Å². The van der Waals surface area contributed by atoms with Crippen molar-refractivity contribution in [2.24, 2.45) is 0 Å². The summed E-state index contributed by atoms with van der Waals surface area (Å²) in [6.45, 7) is 2.26. The van der Waals surface area contributed by atoms with Crippen LogP contribution in [0.15, 0.2) is 54.6 Å². The maximum absolute atomic E-state index is 13.0. The van der Waals surface area contributed by atoms with Crippen LogP contribution >= 0.6 is 11.6 Å². The third-order valence-electron chi connectivity index (χ3n) is 4.93. The molecule has 3 amide bonds. The van der Waals surface area contributed by atoms with Crippen LogP contribution in [-0.2, 0) is 4.79 Å². The van der Waals surface area contributed by atoms with Gasteiger partial charge in [-0.3, -0.25) is 19.5 Å². The van der Waals surface area contributed by atoms with Gasteiger partial charge in [0.15, 0.2) is 5.82 Å². The Morgan fingerprint density at radius 3 is 2.72 bits per heavy atom. The second kappa shape index (κ2) is 9.11. The number of fused-ring (bicyclic) bond motifs is 1. The summed E-state index contributed by atoms with van der Waals surface area (Å²) < 4.78 is 5.75. The molecule has 3 N–H and O–H groups in total. The van der Waals surface area contributed by atoms with Crippen LogP contribution in [0.1, 0.15) is 27.8 Å². The monoisotopic (exact) mass is 453 g/mol. The average Bonchev–Trinajstić information content (AvgIpc) is 3.21. The third-order valence-corrected chi connectivity index (χ3v) is 5.26. The lowest BCUT2D eigenvalue weighted by molar-refractivity contribution is -0.120. The van der Waals surface area contributed by atoms with Crippen LogP contribution in [0, 0.1) is 0 Å². The number of ether oxygens (including phenoxy) is 1. The van der Waals surface area contributed by atoms with Gasteiger partial charge >= 0.3 is 0 Å². The first-order valence-electron chi connectivity index (χ1n) is 9.93. The molecule has 10 heteroatoms. The maximum Gasteiger partial charge on any atom is 0.270 e. The molecule has 1 atom stereocenters. The average molecular weight is 454 g/mol. The number of carbonyl (C=O) groups excluding carboxylic acids is 3. The lowest BCUT2D eigenvalue weighted by Gasteiger charge is -2.23. The fourth-order valence-corrected chi connectivity index (χ4v) is 3.57. The van der Waals surface area contributed by atoms with E-state index in [1.165, 1.54) is 6.07 Å². The van der Waals surface area contributed by atoms with E-state index in [1.807, 2.05) is 19.1 Å². The molecule has 9 nitrogen and oxygen atoms in total. The Kier molecular flexibility index (Phi) is 6.09. The molecular weight excluding hydrogens is 434 g/mol. The van der Waals surface area contributed by atoms with Gasteiger partial charge in [0.05, 0.1) is 16.3 Å². The highest BCUT2D eigenvalue weighted by atomic mass is 35.5. The van der Waals surface area contributed by atoms with E-state index in [4.69, 9.17) is 16.3 Å². The number of carbonyl (C=O) groups is 3. The largest absolute Gasteiger partial charge is 0.489 e. The van der Waals surface area contributed by atoms with Crippen molar-refractivity contribution in [2.45, 2.75) is 13.0 Å². The Balaban J connectivity index is 1.45. The molecule has 1 aromatic heterocycles. The van der Waals surface area contributed by atoms with E-state index >= 15 is 0 Å². The summed E-state index contributed by atoms with van der Waals surface area (Å²) in [5, 5.41) is 12.1. The summed E-state index contributed by atoms with van der Waals surface area (Å²) in [6, 6.07) is 14.3. The Bertz CT molecular complexity index is 1180. The number of H-pyrrole nitrogens is 1. The first-order chi connectivity index (χ1) is 15.5. The van der Waals surface area contributed by atoms with Crippen LogP contribution in [0.2, 0.25) is 5.02 Å². The van der Waals surface area contributed by atoms with Crippen molar-refractivity contribution in [3.63, 3.8) is 0 Å². The molecule has 32 heavy (non-hydrogen) atoms. The van der Waals surface area contributed by atoms with E-state index in [2.05, 4.69) is 20.8 Å². The van der Waals surface area contributed by atoms with Gasteiger partial charge in [0.25, 0.3) is 17.7 Å². The van der Waals surface area contributed by atoms with Gasteiger partial charge in [0, 0.05) is 12.6 Å². The second-order valence-electron chi connectivity index (χ2n) is 6.99. The van der Waals surface area contributed by atoms with Crippen molar-refractivity contribution >= 4 is 40.8 Å². The fraction of sp³-hybridized carbons (Fsp3) is 0.182. The minimum absolute atomic E-state index is 0.0116. The van der Waals surface area contributed by atoms with Crippen LogP contribution in [0.5, 0.6) is 5.75 Å². The molecular formula is C22H20ClN5O4. The SMILES string of the molecule is CCN1C(=O)[C@H](NC(=O)c2cc(NC(=O)c3ccccc3Cl)n[nH]2)COc2ccccc21. The zero-order valence-corrected chi connectivity index (χ0v) is 17.8. The summed E-state index contributed by atoms with van der Waals surface area (Å²) in [5.74, 6) is -0.577. The van der Waals surface area contributed by atoms with Gasteiger partial charge in [-0.2, -0.15) is 5.10 Å². The Morgan fingerprint density at radius 1 is 1.19 bits per heavy atom. The predicted octanol–water partition coefficient (Wildman–Crippen LogP) is 2.86. The van der Waals surface area contributed by atoms with Crippen molar-refractivity contribution in [1.29, 1.82) is 0 Å². The van der Waals surface area contributed by atoms with Crippen LogP contribution in [0.25, 0.3) is 0 Å². The number of nitrogens with one attached hydrogen (secondary N) is 3. The summed E-state index contributed by atoms with van der Waals surface area (Å²) in [4.78, 5) is 39.6. The smallest absolute Gasteiger partial charge is 0.270 e. The van der Waals surface area contributed by atoms with Crippen LogP contribution in [-0.4, -0.2) is 47.1 Å². The molecule has 0 spiro atoms. The van der Waals surface area contributed by atoms with E-state index in [9.17, 15) is 14.4 Å². The summed E-state index contributed by atoms with van der Waals surface area (Å²) in [7, 11) is 0. The molecule has 1 aliphatic heterocycles. The van der Waals surface area contributed by atoms with Gasteiger partial charge in [-0.15, -0.1) is 0 Å². The van der Waals surface area contributed by atoms with Gasteiger partial charge in [-0.05, 0) is 31.2 Å². The summed E-state index contributed by atoms with van der Waals surface area (Å²) in [6.07, 6.45) is 0. The number of likely N-dealkylation sites (N-methyl/N-ethyl adjacent to an activating group) is 1. The van der Waals surface area contributed by atoms with Gasteiger partial charge < -0.3 is 20.3 Å². The molecule has 0 radical (unpaired) electrons. The molecule has 0 bridgehead atoms. The molecule has 1 aliphatic rings. The highest BCUT2D eigenvalue weighted by Gasteiger charge is 2.32. The molecule has 2 aromatic carbocycles. The minimum Gasteiger partial charge on any atom is -0.489 e.